The maximum absolute atomic E-state index is 3.49. The molecule has 0 saturated carbocycles. The summed E-state index contributed by atoms with van der Waals surface area (Å²) in [6.07, 6.45) is 0. The van der Waals surface area contributed by atoms with Gasteiger partial charge in [0.1, 0.15) is 0 Å². The number of hydrogen-bond donors (Lipinski definition) is 1. The Morgan fingerprint density at radius 1 is 1.14 bits per heavy atom. The second kappa shape index (κ2) is 4.77. The second-order valence-electron chi connectivity index (χ2n) is 4.35. The summed E-state index contributed by atoms with van der Waals surface area (Å²) in [5, 5.41) is 3.45. The van der Waals surface area contributed by atoms with Gasteiger partial charge in [-0.05, 0) is 70.3 Å². The van der Waals surface area contributed by atoms with E-state index < -0.39 is 0 Å². The molecule has 14 heavy (non-hydrogen) atoms. The van der Waals surface area contributed by atoms with E-state index in [1.165, 1.54) is 5.56 Å². The third-order valence-electron chi connectivity index (χ3n) is 1.81. The molecule has 0 aliphatic heterocycles. The van der Waals surface area contributed by atoms with Crippen LogP contribution in [-0.2, 0) is 6.54 Å². The molecular formula is C11H15Br2N. The molecule has 1 rings (SSSR count). The van der Waals surface area contributed by atoms with Crippen molar-refractivity contribution in [1.29, 1.82) is 0 Å². The molecule has 0 amide bonds. The minimum atomic E-state index is 0.166. The smallest absolute Gasteiger partial charge is 0.0320 e. The average molecular weight is 321 g/mol. The predicted molar refractivity (Wildman–Crippen MR) is 68.4 cm³/mol. The van der Waals surface area contributed by atoms with Crippen LogP contribution in [0.3, 0.4) is 0 Å². The van der Waals surface area contributed by atoms with Gasteiger partial charge in [-0.2, -0.15) is 0 Å². The zero-order valence-electron chi connectivity index (χ0n) is 8.70. The van der Waals surface area contributed by atoms with Crippen molar-refractivity contribution in [3.8, 4) is 0 Å². The van der Waals surface area contributed by atoms with Gasteiger partial charge in [0.25, 0.3) is 0 Å². The van der Waals surface area contributed by atoms with E-state index in [1.807, 2.05) is 0 Å². The molecule has 0 atom stereocenters. The van der Waals surface area contributed by atoms with E-state index in [9.17, 15) is 0 Å². The van der Waals surface area contributed by atoms with Crippen LogP contribution in [0.1, 0.15) is 26.3 Å². The summed E-state index contributed by atoms with van der Waals surface area (Å²) < 4.78 is 2.20. The zero-order valence-corrected chi connectivity index (χ0v) is 11.9. The van der Waals surface area contributed by atoms with E-state index >= 15 is 0 Å². The maximum Gasteiger partial charge on any atom is 0.0320 e. The molecule has 1 aromatic rings. The summed E-state index contributed by atoms with van der Waals surface area (Å²) >= 11 is 6.94. The maximum atomic E-state index is 3.49. The number of halogens is 2. The Bertz CT molecular complexity index is 316. The summed E-state index contributed by atoms with van der Waals surface area (Å²) in [7, 11) is 0. The van der Waals surface area contributed by atoms with Crippen molar-refractivity contribution < 1.29 is 0 Å². The van der Waals surface area contributed by atoms with Gasteiger partial charge in [-0.1, -0.05) is 6.07 Å². The second-order valence-corrected chi connectivity index (χ2v) is 6.06. The molecule has 1 nitrogen and oxygen atoms in total. The Kier molecular flexibility index (Phi) is 4.16. The van der Waals surface area contributed by atoms with Crippen molar-refractivity contribution >= 4 is 31.9 Å². The molecule has 0 unspecified atom stereocenters. The molecule has 0 heterocycles. The van der Waals surface area contributed by atoms with Gasteiger partial charge in [-0.25, -0.2) is 0 Å². The standard InChI is InChI=1S/C11H15Br2N/c1-11(2,3)14-7-8-4-5-9(12)10(13)6-8/h4-6,14H,7H2,1-3H3. The van der Waals surface area contributed by atoms with Crippen molar-refractivity contribution in [2.75, 3.05) is 0 Å². The van der Waals surface area contributed by atoms with Crippen LogP contribution in [0, 0.1) is 0 Å². The van der Waals surface area contributed by atoms with Gasteiger partial charge in [0.2, 0.25) is 0 Å². The van der Waals surface area contributed by atoms with Gasteiger partial charge >= 0.3 is 0 Å². The number of nitrogens with one attached hydrogen (secondary N) is 1. The fourth-order valence-electron chi connectivity index (χ4n) is 1.02. The van der Waals surface area contributed by atoms with E-state index in [0.29, 0.717) is 0 Å². The monoisotopic (exact) mass is 319 g/mol. The first kappa shape index (κ1) is 12.2. The highest BCUT2D eigenvalue weighted by molar-refractivity contribution is 9.13. The normalized spacial score (nSPS) is 11.8. The third kappa shape index (κ3) is 4.11. The molecule has 3 heteroatoms. The first-order chi connectivity index (χ1) is 6.38. The van der Waals surface area contributed by atoms with Gasteiger partial charge < -0.3 is 5.32 Å². The predicted octanol–water partition coefficient (Wildman–Crippen LogP) is 4.10. The summed E-state index contributed by atoms with van der Waals surface area (Å²) in [6.45, 7) is 7.40. The van der Waals surface area contributed by atoms with Crippen molar-refractivity contribution in [2.24, 2.45) is 0 Å². The molecule has 0 aliphatic rings. The van der Waals surface area contributed by atoms with Crippen LogP contribution in [-0.4, -0.2) is 5.54 Å². The molecule has 0 bridgehead atoms. The first-order valence-electron chi connectivity index (χ1n) is 4.57. The van der Waals surface area contributed by atoms with E-state index in [4.69, 9.17) is 0 Å². The van der Waals surface area contributed by atoms with E-state index in [-0.39, 0.29) is 5.54 Å². The van der Waals surface area contributed by atoms with Crippen LogP contribution in [0.4, 0.5) is 0 Å². The largest absolute Gasteiger partial charge is 0.308 e. The van der Waals surface area contributed by atoms with Gasteiger partial charge in [0.15, 0.2) is 0 Å². The fourth-order valence-corrected chi connectivity index (χ4v) is 1.69. The van der Waals surface area contributed by atoms with Crippen LogP contribution in [0.15, 0.2) is 27.1 Å². The van der Waals surface area contributed by atoms with Crippen molar-refractivity contribution in [3.63, 3.8) is 0 Å². The Balaban J connectivity index is 2.65. The Labute approximate surface area is 103 Å². The summed E-state index contributed by atoms with van der Waals surface area (Å²) in [4.78, 5) is 0. The van der Waals surface area contributed by atoms with Gasteiger partial charge in [0, 0.05) is 21.0 Å². The van der Waals surface area contributed by atoms with Gasteiger partial charge in [-0.15, -0.1) is 0 Å². The number of rotatable bonds is 2. The van der Waals surface area contributed by atoms with Crippen LogP contribution in [0.2, 0.25) is 0 Å². The summed E-state index contributed by atoms with van der Waals surface area (Å²) in [6, 6.07) is 6.31. The van der Waals surface area contributed by atoms with Gasteiger partial charge in [-0.3, -0.25) is 0 Å². The Morgan fingerprint density at radius 2 is 1.79 bits per heavy atom. The molecule has 0 aromatic heterocycles. The minimum Gasteiger partial charge on any atom is -0.308 e. The first-order valence-corrected chi connectivity index (χ1v) is 6.16. The lowest BCUT2D eigenvalue weighted by atomic mass is 10.1. The SMILES string of the molecule is CC(C)(C)NCc1ccc(Br)c(Br)c1. The van der Waals surface area contributed by atoms with Crippen LogP contribution in [0.25, 0.3) is 0 Å². The lowest BCUT2D eigenvalue weighted by molar-refractivity contribution is 0.424. The molecule has 0 aliphatic carbocycles. The molecule has 78 valence electrons. The van der Waals surface area contributed by atoms with E-state index in [0.717, 1.165) is 15.5 Å². The quantitative estimate of drug-likeness (QED) is 0.865. The molecule has 0 spiro atoms. The topological polar surface area (TPSA) is 12.0 Å². The molecule has 0 saturated heterocycles. The average Bonchev–Trinajstić information content (AvgIpc) is 2.06. The van der Waals surface area contributed by atoms with Crippen molar-refractivity contribution in [1.82, 2.24) is 5.32 Å². The van der Waals surface area contributed by atoms with Crippen LogP contribution in [0.5, 0.6) is 0 Å². The van der Waals surface area contributed by atoms with Crippen molar-refractivity contribution in [3.05, 3.63) is 32.7 Å². The van der Waals surface area contributed by atoms with Crippen LogP contribution < -0.4 is 5.32 Å². The van der Waals surface area contributed by atoms with Crippen molar-refractivity contribution in [2.45, 2.75) is 32.9 Å². The Hall–Kier alpha value is 0.140. The zero-order chi connectivity index (χ0) is 10.8. The highest BCUT2D eigenvalue weighted by Crippen LogP contribution is 2.23. The summed E-state index contributed by atoms with van der Waals surface area (Å²) in [5.41, 5.74) is 1.45. The minimum absolute atomic E-state index is 0.166. The lowest BCUT2D eigenvalue weighted by Crippen LogP contribution is -2.35. The fraction of sp³-hybridized carbons (Fsp3) is 0.455. The number of hydrogen-bond acceptors (Lipinski definition) is 1. The molecule has 0 radical (unpaired) electrons. The molecule has 1 aromatic carbocycles. The highest BCUT2D eigenvalue weighted by atomic mass is 79.9. The number of benzene rings is 1. The molecular weight excluding hydrogens is 306 g/mol. The molecule has 1 N–H and O–H groups in total. The van der Waals surface area contributed by atoms with E-state index in [2.05, 4.69) is 76.1 Å². The Morgan fingerprint density at radius 3 is 2.29 bits per heavy atom. The van der Waals surface area contributed by atoms with Gasteiger partial charge in [0.05, 0.1) is 0 Å². The lowest BCUT2D eigenvalue weighted by Gasteiger charge is -2.20. The summed E-state index contributed by atoms with van der Waals surface area (Å²) in [5.74, 6) is 0. The van der Waals surface area contributed by atoms with E-state index in [1.54, 1.807) is 0 Å². The van der Waals surface area contributed by atoms with Crippen LogP contribution >= 0.6 is 31.9 Å². The molecule has 0 fully saturated rings. The third-order valence-corrected chi connectivity index (χ3v) is 3.69. The highest BCUT2D eigenvalue weighted by Gasteiger charge is 2.08.